The summed E-state index contributed by atoms with van der Waals surface area (Å²) in [6.45, 7) is 19.5. The maximum atomic E-state index is 13.4. The van der Waals surface area contributed by atoms with E-state index in [9.17, 15) is 26.3 Å². The van der Waals surface area contributed by atoms with E-state index in [1.807, 2.05) is 58.1 Å². The fourth-order valence-corrected chi connectivity index (χ4v) is 9.93. The van der Waals surface area contributed by atoms with Crippen LogP contribution in [0.2, 0.25) is 0 Å². The Morgan fingerprint density at radius 1 is 0.826 bits per heavy atom. The zero-order valence-electron chi connectivity index (χ0n) is 27.5. The second-order valence-electron chi connectivity index (χ2n) is 8.73. The molecule has 0 aliphatic heterocycles. The highest BCUT2D eigenvalue weighted by molar-refractivity contribution is 7.80. The van der Waals surface area contributed by atoms with Gasteiger partial charge in [-0.05, 0) is 43.3 Å². The van der Waals surface area contributed by atoms with Crippen LogP contribution >= 0.6 is 16.1 Å². The lowest BCUT2D eigenvalue weighted by Crippen LogP contribution is -2.30. The van der Waals surface area contributed by atoms with E-state index < -0.39 is 28.9 Å². The predicted octanol–water partition coefficient (Wildman–Crippen LogP) is 12.1. The van der Waals surface area contributed by atoms with Crippen molar-refractivity contribution in [1.29, 1.82) is 0 Å². The molecule has 256 valence electrons. The minimum Gasteiger partial charge on any atom is -0.405 e. The molecule has 3 nitrogen and oxygen atoms in total. The number of allylic oxidation sites excluding steroid dienone is 7. The van der Waals surface area contributed by atoms with Gasteiger partial charge in [-0.1, -0.05) is 114 Å². The molecule has 1 aliphatic carbocycles. The Balaban J connectivity index is 0.00000268. The minimum absolute atomic E-state index is 0.297. The Labute approximate surface area is 274 Å². The molecule has 0 spiro atoms. The van der Waals surface area contributed by atoms with Crippen molar-refractivity contribution in [3.8, 4) is 5.75 Å². The highest BCUT2D eigenvalue weighted by Crippen LogP contribution is 2.62. The van der Waals surface area contributed by atoms with Crippen molar-refractivity contribution in [3.63, 3.8) is 0 Å². The first-order valence-electron chi connectivity index (χ1n) is 15.2. The molecule has 11 heteroatoms. The number of hydrogen-bond donors (Lipinski definition) is 0. The minimum atomic E-state index is -4.92. The van der Waals surface area contributed by atoms with Crippen LogP contribution in [0.4, 0.5) is 26.3 Å². The predicted molar refractivity (Wildman–Crippen MR) is 185 cm³/mol. The Bertz CT molecular complexity index is 1230. The second kappa shape index (κ2) is 23.5. The van der Waals surface area contributed by atoms with Gasteiger partial charge in [-0.2, -0.15) is 0 Å². The van der Waals surface area contributed by atoms with Gasteiger partial charge in [-0.15, -0.1) is 39.5 Å². The van der Waals surface area contributed by atoms with Gasteiger partial charge in [0.25, 0.3) is 0 Å². The average Bonchev–Trinajstić information content (AvgIpc) is 3.25. The standard InChI is InChI=1S/C28H29F6NO2P2.C3H6.2C2H6/c1-3-5-20-35(38(21-4-2)25-18-11-7-10-16-23(25)36-27(29,30)31)39(22-14-8-6-9-15-22)26-19-13-12-17-24(26)37-28(32,33)34;1-3-2;2*1-2/h4,6,8-19H,2-3,5,7,20-21H2,1H3;3H,1H2,2H3;2*1-2H3. The monoisotopic (exact) mass is 689 g/mol. The number of nitrogens with zero attached hydrogens (tertiary/aromatic N) is 1. The Morgan fingerprint density at radius 2 is 1.37 bits per heavy atom. The average molecular weight is 690 g/mol. The fourth-order valence-electron chi connectivity index (χ4n) is 3.90. The summed E-state index contributed by atoms with van der Waals surface area (Å²) >= 11 is 0. The fraction of sp³-hybridized carbons (Fsp3) is 0.371. The zero-order valence-corrected chi connectivity index (χ0v) is 29.3. The van der Waals surface area contributed by atoms with Crippen LogP contribution in [-0.4, -0.2) is 29.9 Å². The highest BCUT2D eigenvalue weighted by atomic mass is 31.2. The van der Waals surface area contributed by atoms with E-state index in [4.69, 9.17) is 0 Å². The van der Waals surface area contributed by atoms with Gasteiger partial charge in [-0.25, -0.2) is 4.44 Å². The van der Waals surface area contributed by atoms with Gasteiger partial charge in [0.2, 0.25) is 0 Å². The summed E-state index contributed by atoms with van der Waals surface area (Å²) in [4.78, 5) is 0. The number of unbranched alkanes of at least 4 members (excludes halogenated alkanes) is 1. The summed E-state index contributed by atoms with van der Waals surface area (Å²) in [5.74, 6) is -0.666. The number of ether oxygens (including phenoxy) is 2. The van der Waals surface area contributed by atoms with Gasteiger partial charge < -0.3 is 9.47 Å². The third-order valence-corrected chi connectivity index (χ3v) is 11.2. The lowest BCUT2D eigenvalue weighted by Gasteiger charge is -2.39. The van der Waals surface area contributed by atoms with Crippen LogP contribution in [0.1, 0.15) is 60.8 Å². The molecule has 0 N–H and O–H groups in total. The van der Waals surface area contributed by atoms with Gasteiger partial charge in [-0.3, -0.25) is 0 Å². The second-order valence-corrected chi connectivity index (χ2v) is 13.3. The van der Waals surface area contributed by atoms with Crippen molar-refractivity contribution in [1.82, 2.24) is 4.44 Å². The molecule has 46 heavy (non-hydrogen) atoms. The van der Waals surface area contributed by atoms with Crippen molar-refractivity contribution in [2.45, 2.75) is 73.5 Å². The van der Waals surface area contributed by atoms with Gasteiger partial charge in [0.15, 0.2) is 0 Å². The van der Waals surface area contributed by atoms with Crippen molar-refractivity contribution in [2.75, 3.05) is 12.7 Å². The van der Waals surface area contributed by atoms with E-state index in [1.165, 1.54) is 18.2 Å². The Kier molecular flexibility index (Phi) is 22.0. The van der Waals surface area contributed by atoms with Crippen LogP contribution in [0.3, 0.4) is 0 Å². The molecule has 0 heterocycles. The molecule has 3 rings (SSSR count). The summed E-state index contributed by atoms with van der Waals surface area (Å²) in [6, 6.07) is 15.0. The third-order valence-electron chi connectivity index (χ3n) is 5.42. The lowest BCUT2D eigenvalue weighted by molar-refractivity contribution is -0.303. The third kappa shape index (κ3) is 15.6. The number of rotatable bonds is 12. The lowest BCUT2D eigenvalue weighted by atomic mass is 10.3. The van der Waals surface area contributed by atoms with Crippen LogP contribution in [0.5, 0.6) is 5.75 Å². The number of halogens is 6. The van der Waals surface area contributed by atoms with Crippen LogP contribution < -0.4 is 15.3 Å². The molecule has 2 atom stereocenters. The summed E-state index contributed by atoms with van der Waals surface area (Å²) in [5, 5.41) is 1.39. The number of para-hydroxylation sites is 1. The largest absolute Gasteiger partial charge is 0.573 e. The molecule has 0 aromatic heterocycles. The maximum Gasteiger partial charge on any atom is 0.573 e. The summed E-state index contributed by atoms with van der Waals surface area (Å²) in [5.41, 5.74) is 0. The Morgan fingerprint density at radius 3 is 1.91 bits per heavy atom. The van der Waals surface area contributed by atoms with E-state index in [1.54, 1.807) is 60.7 Å². The van der Waals surface area contributed by atoms with E-state index >= 15 is 0 Å². The van der Waals surface area contributed by atoms with Crippen LogP contribution in [0, 0.1) is 0 Å². The number of hydrogen-bond acceptors (Lipinski definition) is 3. The van der Waals surface area contributed by atoms with Crippen molar-refractivity contribution < 1.29 is 35.8 Å². The first kappa shape index (κ1) is 43.1. The molecule has 0 saturated heterocycles. The van der Waals surface area contributed by atoms with Gasteiger partial charge in [0.1, 0.15) is 11.5 Å². The molecule has 0 amide bonds. The van der Waals surface area contributed by atoms with Gasteiger partial charge >= 0.3 is 12.7 Å². The molecule has 0 radical (unpaired) electrons. The van der Waals surface area contributed by atoms with Crippen molar-refractivity contribution in [3.05, 3.63) is 115 Å². The van der Waals surface area contributed by atoms with Crippen LogP contribution in [0.25, 0.3) is 0 Å². The molecule has 0 saturated carbocycles. The van der Waals surface area contributed by atoms with E-state index in [0.717, 1.165) is 11.7 Å². The van der Waals surface area contributed by atoms with Crippen molar-refractivity contribution in [2.24, 2.45) is 0 Å². The number of alkyl halides is 6. The molecule has 0 bridgehead atoms. The maximum absolute atomic E-state index is 13.4. The first-order valence-corrected chi connectivity index (χ1v) is 18.0. The van der Waals surface area contributed by atoms with E-state index in [-0.39, 0.29) is 11.5 Å². The molecule has 2 aromatic rings. The molecular weight excluding hydrogens is 642 g/mol. The molecule has 2 unspecified atom stereocenters. The van der Waals surface area contributed by atoms with Crippen LogP contribution in [-0.2, 0) is 4.74 Å². The summed E-state index contributed by atoms with van der Waals surface area (Å²) in [6.07, 6.45) is 1.97. The SMILES string of the molecule is C=CC.C=CCP(C1=C(OC(F)(F)F)C=CCC=C1)N(CCCC)P(c1ccccc1)c1ccccc1OC(F)(F)F.CC.CC. The van der Waals surface area contributed by atoms with Crippen LogP contribution in [0.15, 0.2) is 115 Å². The topological polar surface area (TPSA) is 21.7 Å². The van der Waals surface area contributed by atoms with Crippen molar-refractivity contribution >= 4 is 26.8 Å². The molecular formula is C35H47F6NO2P2. The Hall–Kier alpha value is -2.86. The smallest absolute Gasteiger partial charge is 0.405 e. The summed E-state index contributed by atoms with van der Waals surface area (Å²) in [7, 11) is -3.25. The summed E-state index contributed by atoms with van der Waals surface area (Å²) < 4.78 is 91.6. The quantitative estimate of drug-likeness (QED) is 0.126. The van der Waals surface area contributed by atoms with Gasteiger partial charge in [0.05, 0.1) is 0 Å². The first-order chi connectivity index (χ1) is 22.0. The molecule has 0 fully saturated rings. The van der Waals surface area contributed by atoms with E-state index in [0.29, 0.717) is 36.2 Å². The normalized spacial score (nSPS) is 13.8. The zero-order chi connectivity index (χ0) is 35.2. The molecule has 1 aliphatic rings. The van der Waals surface area contributed by atoms with Gasteiger partial charge in [0, 0.05) is 39.5 Å². The van der Waals surface area contributed by atoms with E-state index in [2.05, 4.69) is 22.6 Å². The highest BCUT2D eigenvalue weighted by Gasteiger charge is 2.38. The number of benzene rings is 2. The molecule has 2 aromatic carbocycles.